The lowest BCUT2D eigenvalue weighted by molar-refractivity contribution is -0.148. The second-order valence-electron chi connectivity index (χ2n) is 7.39. The van der Waals surface area contributed by atoms with Crippen LogP contribution in [-0.4, -0.2) is 53.4 Å². The van der Waals surface area contributed by atoms with Gasteiger partial charge in [-0.05, 0) is 37.3 Å². The summed E-state index contributed by atoms with van der Waals surface area (Å²) < 4.78 is 12.6. The Balaban J connectivity index is 1.56. The molecule has 2 heterocycles. The summed E-state index contributed by atoms with van der Waals surface area (Å²) in [7, 11) is 2.84. The van der Waals surface area contributed by atoms with E-state index < -0.39 is 29.2 Å². The van der Waals surface area contributed by atoms with Crippen molar-refractivity contribution in [2.45, 2.75) is 13.0 Å². The van der Waals surface area contributed by atoms with E-state index in [-0.39, 0.29) is 5.56 Å². The Morgan fingerprint density at radius 3 is 2.44 bits per heavy atom. The molecule has 1 saturated heterocycles. The molecule has 0 saturated carbocycles. The number of morpholine rings is 1. The van der Waals surface area contributed by atoms with E-state index in [1.165, 1.54) is 37.9 Å². The number of anilines is 2. The minimum absolute atomic E-state index is 0.143. The van der Waals surface area contributed by atoms with Gasteiger partial charge in [0.2, 0.25) is 0 Å². The maximum atomic E-state index is 12.4. The molecule has 1 unspecified atom stereocenters. The van der Waals surface area contributed by atoms with Gasteiger partial charge in [0.25, 0.3) is 11.5 Å². The van der Waals surface area contributed by atoms with Crippen LogP contribution in [0.4, 0.5) is 11.4 Å². The highest BCUT2D eigenvalue weighted by molar-refractivity contribution is 5.96. The molecule has 1 aromatic heterocycles. The van der Waals surface area contributed by atoms with Gasteiger partial charge >= 0.3 is 11.7 Å². The van der Waals surface area contributed by atoms with Gasteiger partial charge in [0, 0.05) is 50.8 Å². The number of hydrogen-bond donors (Lipinski definition) is 1. The number of ether oxygens (including phenoxy) is 2. The van der Waals surface area contributed by atoms with Gasteiger partial charge in [-0.25, -0.2) is 9.59 Å². The van der Waals surface area contributed by atoms with Crippen molar-refractivity contribution >= 4 is 29.3 Å². The van der Waals surface area contributed by atoms with Gasteiger partial charge in [0.15, 0.2) is 6.10 Å². The van der Waals surface area contributed by atoms with E-state index in [0.29, 0.717) is 18.9 Å². The first kappa shape index (κ1) is 23.0. The van der Waals surface area contributed by atoms with Gasteiger partial charge in [-0.1, -0.05) is 0 Å². The van der Waals surface area contributed by atoms with Crippen LogP contribution in [-0.2, 0) is 33.2 Å². The summed E-state index contributed by atoms with van der Waals surface area (Å²) in [6, 6.07) is 7.39. The van der Waals surface area contributed by atoms with Gasteiger partial charge in [-0.15, -0.1) is 0 Å². The first-order chi connectivity index (χ1) is 15.3. The zero-order valence-corrected chi connectivity index (χ0v) is 18.2. The van der Waals surface area contributed by atoms with E-state index in [2.05, 4.69) is 10.2 Å². The van der Waals surface area contributed by atoms with Gasteiger partial charge in [-0.3, -0.25) is 14.2 Å². The Kier molecular flexibility index (Phi) is 7.26. The Morgan fingerprint density at radius 2 is 1.78 bits per heavy atom. The Hall–Kier alpha value is -3.66. The smallest absolute Gasteiger partial charge is 0.331 e. The van der Waals surface area contributed by atoms with Crippen molar-refractivity contribution < 1.29 is 19.1 Å². The molecule has 0 radical (unpaired) electrons. The molecule has 1 N–H and O–H groups in total. The minimum Gasteiger partial charge on any atom is -0.449 e. The molecule has 1 aliphatic heterocycles. The molecule has 0 bridgehead atoms. The lowest BCUT2D eigenvalue weighted by Crippen LogP contribution is -2.37. The quantitative estimate of drug-likeness (QED) is 0.512. The summed E-state index contributed by atoms with van der Waals surface area (Å²) in [5.41, 5.74) is 0.755. The van der Waals surface area contributed by atoms with Crippen LogP contribution in [0.1, 0.15) is 12.5 Å². The van der Waals surface area contributed by atoms with E-state index in [1.54, 1.807) is 12.1 Å². The van der Waals surface area contributed by atoms with Crippen molar-refractivity contribution in [1.82, 2.24) is 9.13 Å². The van der Waals surface area contributed by atoms with E-state index in [1.807, 2.05) is 12.1 Å². The van der Waals surface area contributed by atoms with E-state index >= 15 is 0 Å². The van der Waals surface area contributed by atoms with Crippen LogP contribution in [0.5, 0.6) is 0 Å². The lowest BCUT2D eigenvalue weighted by Gasteiger charge is -2.28. The fourth-order valence-corrected chi connectivity index (χ4v) is 3.20. The second kappa shape index (κ2) is 10.1. The SMILES string of the molecule is CC(OC(=O)/C=C/c1cn(C)c(=O)n(C)c1=O)C(=O)Nc1ccc(N2CCOCC2)cc1. The Morgan fingerprint density at radius 1 is 1.12 bits per heavy atom. The molecule has 0 aliphatic carbocycles. The zero-order valence-electron chi connectivity index (χ0n) is 18.2. The molecule has 1 fully saturated rings. The topological polar surface area (TPSA) is 112 Å². The summed E-state index contributed by atoms with van der Waals surface area (Å²) in [4.78, 5) is 50.4. The number of benzene rings is 1. The van der Waals surface area contributed by atoms with Crippen LogP contribution in [0.15, 0.2) is 46.1 Å². The lowest BCUT2D eigenvalue weighted by atomic mass is 10.2. The third kappa shape index (κ3) is 5.52. The van der Waals surface area contributed by atoms with E-state index in [0.717, 1.165) is 29.4 Å². The van der Waals surface area contributed by atoms with Crippen LogP contribution in [0.25, 0.3) is 6.08 Å². The van der Waals surface area contributed by atoms with Crippen molar-refractivity contribution in [1.29, 1.82) is 0 Å². The molecule has 1 aromatic carbocycles. The number of carbonyl (C=O) groups is 2. The molecule has 2 aromatic rings. The highest BCUT2D eigenvalue weighted by atomic mass is 16.5. The van der Waals surface area contributed by atoms with Crippen molar-refractivity contribution in [2.24, 2.45) is 14.1 Å². The number of nitrogens with zero attached hydrogens (tertiary/aromatic N) is 3. The average Bonchev–Trinajstić information content (AvgIpc) is 2.80. The number of esters is 1. The summed E-state index contributed by atoms with van der Waals surface area (Å²) in [5, 5.41) is 2.71. The number of amides is 1. The van der Waals surface area contributed by atoms with Gasteiger partial charge in [0.1, 0.15) is 0 Å². The second-order valence-corrected chi connectivity index (χ2v) is 7.39. The first-order valence-corrected chi connectivity index (χ1v) is 10.1. The molecule has 1 amide bonds. The standard InChI is InChI=1S/C22H26N4O6/c1-15(32-19(27)9-4-16-14-24(2)22(30)25(3)21(16)29)20(28)23-17-5-7-18(8-6-17)26-10-12-31-13-11-26/h4-9,14-15H,10-13H2,1-3H3,(H,23,28)/b9-4+. The first-order valence-electron chi connectivity index (χ1n) is 10.1. The van der Waals surface area contributed by atoms with Crippen molar-refractivity contribution in [3.05, 3.63) is 62.9 Å². The monoisotopic (exact) mass is 442 g/mol. The third-order valence-electron chi connectivity index (χ3n) is 5.05. The Bertz CT molecular complexity index is 1130. The van der Waals surface area contributed by atoms with Crippen LogP contribution in [0.2, 0.25) is 0 Å². The molecule has 170 valence electrons. The number of hydrogen-bond acceptors (Lipinski definition) is 7. The maximum absolute atomic E-state index is 12.4. The molecule has 3 rings (SSSR count). The number of aryl methyl sites for hydroxylation is 1. The highest BCUT2D eigenvalue weighted by Crippen LogP contribution is 2.19. The number of rotatable bonds is 6. The summed E-state index contributed by atoms with van der Waals surface area (Å²) in [5.74, 6) is -1.27. The van der Waals surface area contributed by atoms with Crippen LogP contribution in [0.3, 0.4) is 0 Å². The number of nitrogens with one attached hydrogen (secondary N) is 1. The van der Waals surface area contributed by atoms with Crippen LogP contribution >= 0.6 is 0 Å². The molecule has 32 heavy (non-hydrogen) atoms. The van der Waals surface area contributed by atoms with Gasteiger partial charge < -0.3 is 24.3 Å². The molecule has 10 nitrogen and oxygen atoms in total. The van der Waals surface area contributed by atoms with E-state index in [9.17, 15) is 19.2 Å². The molecule has 0 spiro atoms. The average molecular weight is 442 g/mol. The van der Waals surface area contributed by atoms with E-state index in [4.69, 9.17) is 9.47 Å². The molecular weight excluding hydrogens is 416 g/mol. The summed E-state index contributed by atoms with van der Waals surface area (Å²) in [6.07, 6.45) is 2.57. The number of aromatic nitrogens is 2. The normalized spacial score (nSPS) is 14.9. The predicted molar refractivity (Wildman–Crippen MR) is 120 cm³/mol. The van der Waals surface area contributed by atoms with Crippen LogP contribution < -0.4 is 21.5 Å². The molecule has 1 aliphatic rings. The van der Waals surface area contributed by atoms with Gasteiger partial charge in [0.05, 0.1) is 18.8 Å². The zero-order chi connectivity index (χ0) is 23.3. The summed E-state index contributed by atoms with van der Waals surface area (Å²) >= 11 is 0. The fourth-order valence-electron chi connectivity index (χ4n) is 3.20. The molecule has 1 atom stereocenters. The van der Waals surface area contributed by atoms with Crippen LogP contribution in [0, 0.1) is 0 Å². The minimum atomic E-state index is -1.05. The fraction of sp³-hybridized carbons (Fsp3) is 0.364. The van der Waals surface area contributed by atoms with Crippen molar-refractivity contribution in [3.8, 4) is 0 Å². The third-order valence-corrected chi connectivity index (χ3v) is 5.05. The predicted octanol–water partition coefficient (Wildman–Crippen LogP) is 0.504. The maximum Gasteiger partial charge on any atom is 0.331 e. The van der Waals surface area contributed by atoms with Crippen molar-refractivity contribution in [3.63, 3.8) is 0 Å². The molecular formula is C22H26N4O6. The highest BCUT2D eigenvalue weighted by Gasteiger charge is 2.17. The summed E-state index contributed by atoms with van der Waals surface area (Å²) in [6.45, 7) is 4.46. The number of carbonyl (C=O) groups excluding carboxylic acids is 2. The van der Waals surface area contributed by atoms with Gasteiger partial charge in [-0.2, -0.15) is 0 Å². The Labute approximate surface area is 184 Å². The largest absolute Gasteiger partial charge is 0.449 e. The molecule has 10 heteroatoms. The van der Waals surface area contributed by atoms with Crippen molar-refractivity contribution in [2.75, 3.05) is 36.5 Å².